The third-order valence-corrected chi connectivity index (χ3v) is 8.30. The Hall–Kier alpha value is -4.47. The molecule has 0 radical (unpaired) electrons. The van der Waals surface area contributed by atoms with Crippen LogP contribution in [0.1, 0.15) is 34.7 Å². The van der Waals surface area contributed by atoms with E-state index in [1.807, 2.05) is 91.1 Å². The Bertz CT molecular complexity index is 1760. The van der Waals surface area contributed by atoms with E-state index in [2.05, 4.69) is 68.1 Å². The summed E-state index contributed by atoms with van der Waals surface area (Å²) in [6.07, 6.45) is 1.81. The predicted octanol–water partition coefficient (Wildman–Crippen LogP) is 7.45. The number of amides is 1. The van der Waals surface area contributed by atoms with Crippen LogP contribution in [0.2, 0.25) is 0 Å². The molecule has 0 saturated carbocycles. The van der Waals surface area contributed by atoms with Crippen LogP contribution in [0, 0.1) is 13.8 Å². The van der Waals surface area contributed by atoms with Gasteiger partial charge in [-0.15, -0.1) is 0 Å². The molecule has 2 aromatic heterocycles. The van der Waals surface area contributed by atoms with Crippen LogP contribution in [0.15, 0.2) is 114 Å². The molecule has 9 heteroatoms. The van der Waals surface area contributed by atoms with Crippen molar-refractivity contribution in [1.29, 1.82) is 0 Å². The van der Waals surface area contributed by atoms with Gasteiger partial charge in [0.2, 0.25) is 0 Å². The summed E-state index contributed by atoms with van der Waals surface area (Å²) in [6.45, 7) is 4.19. The highest BCUT2D eigenvalue weighted by Gasteiger charge is 2.42. The Morgan fingerprint density at radius 1 is 0.953 bits per heavy atom. The number of hydrogen-bond acceptors (Lipinski definition) is 4. The Morgan fingerprint density at radius 2 is 1.72 bits per heavy atom. The van der Waals surface area contributed by atoms with Crippen LogP contribution < -0.4 is 20.3 Å². The number of benzene rings is 3. The lowest BCUT2D eigenvalue weighted by Crippen LogP contribution is -2.29. The number of rotatable bonds is 8. The van der Waals surface area contributed by atoms with Crippen molar-refractivity contribution in [2.75, 3.05) is 16.8 Å². The molecule has 0 aliphatic carbocycles. The summed E-state index contributed by atoms with van der Waals surface area (Å²) in [5, 5.41) is 7.07. The highest BCUT2D eigenvalue weighted by Crippen LogP contribution is 2.44. The minimum Gasteiger partial charge on any atom is -0.484 e. The fourth-order valence-corrected chi connectivity index (χ4v) is 6.35. The maximum absolute atomic E-state index is 12.5. The molecule has 1 amide bonds. The number of ether oxygens (including phenoxy) is 1. The molecule has 0 bridgehead atoms. The second-order valence-electron chi connectivity index (χ2n) is 10.3. The molecule has 43 heavy (non-hydrogen) atoms. The highest BCUT2D eigenvalue weighted by molar-refractivity contribution is 9.10. The number of aryl methyl sites for hydroxylation is 1. The average Bonchev–Trinajstić information content (AvgIpc) is 3.52. The number of aromatic nitrogens is 2. The average molecular weight is 653 g/mol. The van der Waals surface area contributed by atoms with Crippen molar-refractivity contribution < 1.29 is 9.53 Å². The molecule has 6 rings (SSSR count). The van der Waals surface area contributed by atoms with Gasteiger partial charge in [-0.2, -0.15) is 0 Å². The maximum Gasteiger partial charge on any atom is 0.262 e. The summed E-state index contributed by atoms with van der Waals surface area (Å²) in [5.74, 6) is 0.416. The summed E-state index contributed by atoms with van der Waals surface area (Å²) in [6, 6.07) is 33.1. The molecule has 0 unspecified atom stereocenters. The van der Waals surface area contributed by atoms with Crippen molar-refractivity contribution >= 4 is 50.5 Å². The van der Waals surface area contributed by atoms with E-state index in [9.17, 15) is 4.79 Å². The number of pyridine rings is 1. The Kier molecular flexibility index (Phi) is 8.26. The lowest BCUT2D eigenvalue weighted by molar-refractivity contribution is -0.118. The van der Waals surface area contributed by atoms with Gasteiger partial charge in [-0.25, -0.2) is 0 Å². The quantitative estimate of drug-likeness (QED) is 0.170. The van der Waals surface area contributed by atoms with Crippen molar-refractivity contribution in [2.45, 2.75) is 25.9 Å². The molecule has 0 spiro atoms. The third-order valence-electron chi connectivity index (χ3n) is 7.50. The molecule has 5 aromatic rings. The normalized spacial score (nSPS) is 16.2. The summed E-state index contributed by atoms with van der Waals surface area (Å²) >= 11 is 9.56. The number of carbonyl (C=O) groups is 1. The van der Waals surface area contributed by atoms with E-state index in [1.54, 1.807) is 0 Å². The van der Waals surface area contributed by atoms with E-state index in [0.29, 0.717) is 16.5 Å². The van der Waals surface area contributed by atoms with Gasteiger partial charge in [-0.1, -0.05) is 46.3 Å². The zero-order valence-electron chi connectivity index (χ0n) is 23.7. The summed E-state index contributed by atoms with van der Waals surface area (Å²) in [4.78, 5) is 19.4. The van der Waals surface area contributed by atoms with Gasteiger partial charge in [-0.3, -0.25) is 9.78 Å². The second kappa shape index (κ2) is 12.4. The predicted molar refractivity (Wildman–Crippen MR) is 178 cm³/mol. The molecule has 3 heterocycles. The SMILES string of the molecule is Cc1cc([C@@H]2[C@@H](c3ccccn3)NC(=S)N2c2ccc(NC(=O)COc3ccccc3)cc2)c(C)n1-c1cccc(Br)c1. The minimum atomic E-state index is -0.233. The molecular weight excluding hydrogens is 622 g/mol. The first kappa shape index (κ1) is 28.6. The fourth-order valence-electron chi connectivity index (χ4n) is 5.62. The van der Waals surface area contributed by atoms with E-state index < -0.39 is 0 Å². The van der Waals surface area contributed by atoms with E-state index in [4.69, 9.17) is 21.9 Å². The van der Waals surface area contributed by atoms with Crippen molar-refractivity contribution in [1.82, 2.24) is 14.9 Å². The lowest BCUT2D eigenvalue weighted by Gasteiger charge is -2.28. The third kappa shape index (κ3) is 6.04. The van der Waals surface area contributed by atoms with Gasteiger partial charge < -0.3 is 24.8 Å². The Balaban J connectivity index is 1.31. The zero-order chi connectivity index (χ0) is 29.9. The highest BCUT2D eigenvalue weighted by atomic mass is 79.9. The molecule has 2 atom stereocenters. The first-order valence-electron chi connectivity index (χ1n) is 13.9. The number of nitrogens with one attached hydrogen (secondary N) is 2. The van der Waals surface area contributed by atoms with Crippen molar-refractivity contribution in [2.24, 2.45) is 0 Å². The van der Waals surface area contributed by atoms with Crippen LogP contribution in [0.4, 0.5) is 11.4 Å². The largest absolute Gasteiger partial charge is 0.484 e. The van der Waals surface area contributed by atoms with Crippen LogP contribution in [0.25, 0.3) is 5.69 Å². The first-order chi connectivity index (χ1) is 20.9. The monoisotopic (exact) mass is 651 g/mol. The topological polar surface area (TPSA) is 71.4 Å². The molecule has 7 nitrogen and oxygen atoms in total. The number of carbonyl (C=O) groups excluding carboxylic acids is 1. The Labute approximate surface area is 264 Å². The van der Waals surface area contributed by atoms with Gasteiger partial charge >= 0.3 is 0 Å². The molecule has 1 fully saturated rings. The number of hydrogen-bond donors (Lipinski definition) is 2. The van der Waals surface area contributed by atoms with Crippen LogP contribution in [0.5, 0.6) is 5.75 Å². The van der Waals surface area contributed by atoms with Crippen molar-refractivity contribution in [3.8, 4) is 11.4 Å². The van der Waals surface area contributed by atoms with Crippen molar-refractivity contribution in [3.05, 3.63) is 136 Å². The smallest absolute Gasteiger partial charge is 0.262 e. The van der Waals surface area contributed by atoms with Crippen molar-refractivity contribution in [3.63, 3.8) is 0 Å². The first-order valence-corrected chi connectivity index (χ1v) is 15.1. The Morgan fingerprint density at radius 3 is 2.44 bits per heavy atom. The number of anilines is 2. The molecule has 1 aliphatic heterocycles. The zero-order valence-corrected chi connectivity index (χ0v) is 26.1. The van der Waals surface area contributed by atoms with Gasteiger partial charge in [0.15, 0.2) is 11.7 Å². The number of thiocarbonyl (C=S) groups is 1. The fraction of sp³-hybridized carbons (Fsp3) is 0.147. The maximum atomic E-state index is 12.5. The standard InChI is InChI=1S/C34H30BrN5O2S/c1-22-19-29(23(2)39(22)27-10-8-9-24(35)20-27)33-32(30-13-6-7-18-36-30)38-34(43)40(33)26-16-14-25(15-17-26)37-31(41)21-42-28-11-4-3-5-12-28/h3-20,32-33H,21H2,1-2H3,(H,37,41)(H,38,43)/t32-,33-/m1/s1. The minimum absolute atomic E-state index is 0.0761. The number of nitrogens with zero attached hydrogens (tertiary/aromatic N) is 3. The van der Waals surface area contributed by atoms with Gasteiger partial charge in [0.05, 0.1) is 17.8 Å². The summed E-state index contributed by atoms with van der Waals surface area (Å²) in [5.41, 5.74) is 6.98. The summed E-state index contributed by atoms with van der Waals surface area (Å²) in [7, 11) is 0. The molecule has 1 aliphatic rings. The van der Waals surface area contributed by atoms with Crippen LogP contribution in [-0.2, 0) is 4.79 Å². The molecule has 3 aromatic carbocycles. The molecule has 2 N–H and O–H groups in total. The van der Waals surface area contributed by atoms with E-state index >= 15 is 0 Å². The van der Waals surface area contributed by atoms with E-state index in [1.165, 1.54) is 0 Å². The van der Waals surface area contributed by atoms with Crippen LogP contribution in [0.3, 0.4) is 0 Å². The second-order valence-corrected chi connectivity index (χ2v) is 11.6. The summed E-state index contributed by atoms with van der Waals surface area (Å²) < 4.78 is 8.87. The van der Waals surface area contributed by atoms with Gasteiger partial charge in [0, 0.05) is 39.1 Å². The molecular formula is C34H30BrN5O2S. The van der Waals surface area contributed by atoms with Gasteiger partial charge in [0.25, 0.3) is 5.91 Å². The van der Waals surface area contributed by atoms with E-state index in [0.717, 1.165) is 38.5 Å². The van der Waals surface area contributed by atoms with Gasteiger partial charge in [0.1, 0.15) is 5.75 Å². The number of para-hydroxylation sites is 1. The van der Waals surface area contributed by atoms with Gasteiger partial charge in [-0.05, 0) is 104 Å². The molecule has 216 valence electrons. The van der Waals surface area contributed by atoms with Crippen LogP contribution >= 0.6 is 28.1 Å². The molecule has 1 saturated heterocycles. The van der Waals surface area contributed by atoms with Crippen LogP contribution in [-0.4, -0.2) is 27.2 Å². The van der Waals surface area contributed by atoms with E-state index in [-0.39, 0.29) is 24.6 Å². The lowest BCUT2D eigenvalue weighted by atomic mass is 9.96. The number of halogens is 1.